The van der Waals surface area contributed by atoms with Gasteiger partial charge in [0.1, 0.15) is 40.9 Å². The van der Waals surface area contributed by atoms with E-state index in [1.54, 1.807) is 25.4 Å². The SMILES string of the molecule is COCCOc1ccc(-c2c(C#N)c(N)nc(SCC3COC3)c2C#N)nc1. The molecule has 1 saturated heterocycles. The fraction of sp³-hybridized carbons (Fsp3) is 0.368. The van der Waals surface area contributed by atoms with Gasteiger partial charge in [0.05, 0.1) is 37.3 Å². The number of hydrogen-bond donors (Lipinski definition) is 1. The summed E-state index contributed by atoms with van der Waals surface area (Å²) in [6.45, 7) is 2.28. The molecular formula is C19H19N5O3S. The van der Waals surface area contributed by atoms with Gasteiger partial charge in [0.2, 0.25) is 0 Å². The largest absolute Gasteiger partial charge is 0.490 e. The van der Waals surface area contributed by atoms with Crippen LogP contribution in [0.4, 0.5) is 5.82 Å². The van der Waals surface area contributed by atoms with Gasteiger partial charge in [0.25, 0.3) is 0 Å². The van der Waals surface area contributed by atoms with E-state index in [4.69, 9.17) is 19.9 Å². The highest BCUT2D eigenvalue weighted by atomic mass is 32.2. The average molecular weight is 397 g/mol. The highest BCUT2D eigenvalue weighted by Crippen LogP contribution is 2.36. The molecule has 0 amide bonds. The maximum Gasteiger partial charge on any atom is 0.143 e. The number of nitrogens with zero attached hydrogens (tertiary/aromatic N) is 4. The number of anilines is 1. The van der Waals surface area contributed by atoms with Gasteiger partial charge in [0.15, 0.2) is 0 Å². The van der Waals surface area contributed by atoms with E-state index in [0.717, 1.165) is 5.75 Å². The zero-order valence-electron chi connectivity index (χ0n) is 15.3. The van der Waals surface area contributed by atoms with Crippen LogP contribution in [-0.2, 0) is 9.47 Å². The second-order valence-electron chi connectivity index (χ2n) is 6.09. The molecule has 0 saturated carbocycles. The monoisotopic (exact) mass is 397 g/mol. The van der Waals surface area contributed by atoms with Crippen LogP contribution in [0, 0.1) is 28.6 Å². The van der Waals surface area contributed by atoms with Crippen molar-refractivity contribution in [3.63, 3.8) is 0 Å². The molecule has 0 atom stereocenters. The molecule has 28 heavy (non-hydrogen) atoms. The highest BCUT2D eigenvalue weighted by molar-refractivity contribution is 7.99. The number of pyridine rings is 2. The van der Waals surface area contributed by atoms with Crippen LogP contribution in [0.1, 0.15) is 11.1 Å². The Morgan fingerprint density at radius 2 is 2.04 bits per heavy atom. The molecule has 0 aliphatic carbocycles. The Balaban J connectivity index is 1.94. The molecule has 8 nitrogen and oxygen atoms in total. The van der Waals surface area contributed by atoms with Crippen LogP contribution in [0.5, 0.6) is 5.75 Å². The lowest BCUT2D eigenvalue weighted by atomic mass is 10.0. The number of thioether (sulfide) groups is 1. The quantitative estimate of drug-likeness (QED) is 0.527. The summed E-state index contributed by atoms with van der Waals surface area (Å²) in [4.78, 5) is 8.66. The van der Waals surface area contributed by atoms with Crippen LogP contribution in [0.2, 0.25) is 0 Å². The van der Waals surface area contributed by atoms with E-state index in [1.165, 1.54) is 11.8 Å². The van der Waals surface area contributed by atoms with Crippen molar-refractivity contribution in [2.75, 3.05) is 45.0 Å². The zero-order valence-corrected chi connectivity index (χ0v) is 16.2. The lowest BCUT2D eigenvalue weighted by Crippen LogP contribution is -2.29. The molecule has 0 spiro atoms. The van der Waals surface area contributed by atoms with Crippen molar-refractivity contribution in [3.05, 3.63) is 29.5 Å². The number of nitrogen functional groups attached to an aromatic ring is 1. The van der Waals surface area contributed by atoms with Crippen molar-refractivity contribution in [3.8, 4) is 29.1 Å². The Kier molecular flexibility index (Phi) is 6.66. The van der Waals surface area contributed by atoms with Gasteiger partial charge >= 0.3 is 0 Å². The van der Waals surface area contributed by atoms with Crippen molar-refractivity contribution >= 4 is 17.6 Å². The Labute approximate surface area is 167 Å². The molecule has 144 valence electrons. The summed E-state index contributed by atoms with van der Waals surface area (Å²) in [6, 6.07) is 7.66. The number of methoxy groups -OCH3 is 1. The van der Waals surface area contributed by atoms with E-state index >= 15 is 0 Å². The molecule has 0 unspecified atom stereocenters. The van der Waals surface area contributed by atoms with E-state index in [2.05, 4.69) is 22.1 Å². The minimum atomic E-state index is 0.0890. The van der Waals surface area contributed by atoms with Crippen LogP contribution < -0.4 is 10.5 Å². The summed E-state index contributed by atoms with van der Waals surface area (Å²) < 4.78 is 15.6. The van der Waals surface area contributed by atoms with Crippen molar-refractivity contribution in [2.45, 2.75) is 5.03 Å². The summed E-state index contributed by atoms with van der Waals surface area (Å²) in [6.07, 6.45) is 1.54. The third-order valence-corrected chi connectivity index (χ3v) is 5.33. The number of rotatable bonds is 8. The second-order valence-corrected chi connectivity index (χ2v) is 7.09. The van der Waals surface area contributed by atoms with Gasteiger partial charge in [-0.3, -0.25) is 4.98 Å². The third-order valence-electron chi connectivity index (χ3n) is 4.13. The average Bonchev–Trinajstić information content (AvgIpc) is 2.67. The van der Waals surface area contributed by atoms with Crippen molar-refractivity contribution in [2.24, 2.45) is 5.92 Å². The first-order valence-corrected chi connectivity index (χ1v) is 9.58. The Morgan fingerprint density at radius 3 is 2.61 bits per heavy atom. The second kappa shape index (κ2) is 9.38. The van der Waals surface area contributed by atoms with Crippen LogP contribution in [0.15, 0.2) is 23.4 Å². The first-order chi connectivity index (χ1) is 13.7. The van der Waals surface area contributed by atoms with Crippen LogP contribution >= 0.6 is 11.8 Å². The molecule has 1 fully saturated rings. The van der Waals surface area contributed by atoms with Gasteiger partial charge in [-0.2, -0.15) is 10.5 Å². The zero-order chi connectivity index (χ0) is 19.9. The molecule has 0 aromatic carbocycles. The minimum Gasteiger partial charge on any atom is -0.490 e. The molecule has 0 radical (unpaired) electrons. The molecule has 1 aliphatic heterocycles. The number of nitriles is 2. The summed E-state index contributed by atoms with van der Waals surface area (Å²) in [5.74, 6) is 1.86. The number of nitrogens with two attached hydrogens (primary N) is 1. The van der Waals surface area contributed by atoms with Crippen molar-refractivity contribution < 1.29 is 14.2 Å². The molecule has 3 rings (SSSR count). The van der Waals surface area contributed by atoms with E-state index < -0.39 is 0 Å². The number of hydrogen-bond acceptors (Lipinski definition) is 9. The Morgan fingerprint density at radius 1 is 1.25 bits per heavy atom. The number of aromatic nitrogens is 2. The minimum absolute atomic E-state index is 0.0890. The highest BCUT2D eigenvalue weighted by Gasteiger charge is 2.24. The molecule has 1 aliphatic rings. The standard InChI is InChI=1S/C19H19N5O3S/c1-25-4-5-27-13-2-3-16(23-8-13)17-14(6-20)18(22)24-19(15(17)7-21)28-11-12-9-26-10-12/h2-3,8,12H,4-5,9-11H2,1H3,(H2,22,24). The maximum absolute atomic E-state index is 9.76. The van der Waals surface area contributed by atoms with Gasteiger partial charge in [-0.05, 0) is 12.1 Å². The predicted molar refractivity (Wildman–Crippen MR) is 104 cm³/mol. The van der Waals surface area contributed by atoms with Gasteiger partial charge in [-0.25, -0.2) is 4.98 Å². The van der Waals surface area contributed by atoms with Crippen molar-refractivity contribution in [1.82, 2.24) is 9.97 Å². The molecular weight excluding hydrogens is 378 g/mol. The fourth-order valence-corrected chi connectivity index (χ4v) is 3.63. The topological polar surface area (TPSA) is 127 Å². The summed E-state index contributed by atoms with van der Waals surface area (Å²) >= 11 is 1.45. The van der Waals surface area contributed by atoms with E-state index in [0.29, 0.717) is 59.9 Å². The first-order valence-electron chi connectivity index (χ1n) is 8.60. The summed E-state index contributed by atoms with van der Waals surface area (Å²) in [5, 5.41) is 19.8. The molecule has 9 heteroatoms. The lowest BCUT2D eigenvalue weighted by Gasteiger charge is -2.25. The van der Waals surface area contributed by atoms with Crippen LogP contribution in [0.25, 0.3) is 11.3 Å². The summed E-state index contributed by atoms with van der Waals surface area (Å²) in [5.41, 5.74) is 7.32. The van der Waals surface area contributed by atoms with Gasteiger partial charge in [0, 0.05) is 24.3 Å². The van der Waals surface area contributed by atoms with E-state index in [9.17, 15) is 10.5 Å². The molecule has 2 aromatic heterocycles. The van der Waals surface area contributed by atoms with Crippen molar-refractivity contribution in [1.29, 1.82) is 10.5 Å². The summed E-state index contributed by atoms with van der Waals surface area (Å²) in [7, 11) is 1.60. The van der Waals surface area contributed by atoms with E-state index in [-0.39, 0.29) is 11.4 Å². The third kappa shape index (κ3) is 4.34. The lowest BCUT2D eigenvalue weighted by molar-refractivity contribution is -0.0196. The number of ether oxygens (including phenoxy) is 3. The van der Waals surface area contributed by atoms with Crippen LogP contribution in [0.3, 0.4) is 0 Å². The molecule has 2 aromatic rings. The molecule has 3 heterocycles. The van der Waals surface area contributed by atoms with Gasteiger partial charge in [-0.15, -0.1) is 11.8 Å². The van der Waals surface area contributed by atoms with E-state index in [1.807, 2.05) is 0 Å². The first kappa shape index (κ1) is 19.9. The van der Waals surface area contributed by atoms with Gasteiger partial charge in [-0.1, -0.05) is 0 Å². The normalized spacial score (nSPS) is 13.4. The maximum atomic E-state index is 9.76. The van der Waals surface area contributed by atoms with Gasteiger partial charge < -0.3 is 19.9 Å². The van der Waals surface area contributed by atoms with Crippen LogP contribution in [-0.4, -0.2) is 49.3 Å². The predicted octanol–water partition coefficient (Wildman–Crippen LogP) is 2.23. The molecule has 0 bridgehead atoms. The smallest absolute Gasteiger partial charge is 0.143 e. The Hall–Kier alpha value is -2.85. The fourth-order valence-electron chi connectivity index (χ4n) is 2.59. The Bertz CT molecular complexity index is 917. The molecule has 2 N–H and O–H groups in total.